The minimum Gasteiger partial charge on any atom is -0.492 e. The maximum Gasteiger partial charge on any atom is 0.314 e. The Morgan fingerprint density at radius 2 is 2.05 bits per heavy atom. The predicted octanol–water partition coefficient (Wildman–Crippen LogP) is 1.50. The van der Waals surface area contributed by atoms with Crippen LogP contribution in [0.1, 0.15) is 13.3 Å². The van der Waals surface area contributed by atoms with Crippen molar-refractivity contribution in [1.29, 1.82) is 0 Å². The third kappa shape index (κ3) is 3.94. The van der Waals surface area contributed by atoms with Gasteiger partial charge >= 0.3 is 6.03 Å². The standard InChI is InChI=1S/C13H18N2O4/c1-2-5-14-13(16)15-6-7-17-10-3-4-11-12(8-10)19-9-18-11/h3-4,8H,2,5-7,9H2,1H3,(H2,14,15,16). The molecule has 0 bridgehead atoms. The summed E-state index contributed by atoms with van der Waals surface area (Å²) >= 11 is 0. The smallest absolute Gasteiger partial charge is 0.314 e. The second kappa shape index (κ2) is 6.72. The Balaban J connectivity index is 1.67. The third-order valence-electron chi connectivity index (χ3n) is 2.54. The topological polar surface area (TPSA) is 68.8 Å². The van der Waals surface area contributed by atoms with Gasteiger partial charge in [-0.1, -0.05) is 6.92 Å². The lowest BCUT2D eigenvalue weighted by Crippen LogP contribution is -2.37. The van der Waals surface area contributed by atoms with Crippen molar-refractivity contribution in [3.8, 4) is 17.2 Å². The van der Waals surface area contributed by atoms with Gasteiger partial charge in [0, 0.05) is 12.6 Å². The van der Waals surface area contributed by atoms with Crippen molar-refractivity contribution in [1.82, 2.24) is 10.6 Å². The van der Waals surface area contributed by atoms with Crippen LogP contribution >= 0.6 is 0 Å². The van der Waals surface area contributed by atoms with Crippen LogP contribution in [0.5, 0.6) is 17.2 Å². The number of hydrogen-bond acceptors (Lipinski definition) is 4. The predicted molar refractivity (Wildman–Crippen MR) is 69.8 cm³/mol. The Hall–Kier alpha value is -2.11. The Bertz CT molecular complexity index is 437. The molecule has 1 aliphatic rings. The van der Waals surface area contributed by atoms with Crippen LogP contribution in [0.15, 0.2) is 18.2 Å². The lowest BCUT2D eigenvalue weighted by Gasteiger charge is -2.09. The molecule has 6 nitrogen and oxygen atoms in total. The van der Waals surface area contributed by atoms with Gasteiger partial charge in [-0.15, -0.1) is 0 Å². The van der Waals surface area contributed by atoms with Gasteiger partial charge in [-0.2, -0.15) is 0 Å². The van der Waals surface area contributed by atoms with Gasteiger partial charge in [0.15, 0.2) is 11.5 Å². The van der Waals surface area contributed by atoms with Gasteiger partial charge in [-0.05, 0) is 18.6 Å². The summed E-state index contributed by atoms with van der Waals surface area (Å²) < 4.78 is 16.0. The normalized spacial score (nSPS) is 12.1. The monoisotopic (exact) mass is 266 g/mol. The van der Waals surface area contributed by atoms with Crippen molar-refractivity contribution >= 4 is 6.03 Å². The molecule has 0 atom stereocenters. The number of amides is 2. The Morgan fingerprint density at radius 1 is 1.26 bits per heavy atom. The third-order valence-corrected chi connectivity index (χ3v) is 2.54. The number of benzene rings is 1. The van der Waals surface area contributed by atoms with E-state index in [2.05, 4.69) is 10.6 Å². The molecule has 0 unspecified atom stereocenters. The van der Waals surface area contributed by atoms with E-state index in [9.17, 15) is 4.79 Å². The first kappa shape index (κ1) is 13.3. The summed E-state index contributed by atoms with van der Waals surface area (Å²) in [6.07, 6.45) is 0.918. The molecule has 6 heteroatoms. The van der Waals surface area contributed by atoms with Gasteiger partial charge < -0.3 is 24.8 Å². The first-order valence-corrected chi connectivity index (χ1v) is 6.33. The molecule has 1 aliphatic heterocycles. The molecule has 104 valence electrons. The highest BCUT2D eigenvalue weighted by atomic mass is 16.7. The number of rotatable bonds is 6. The van der Waals surface area contributed by atoms with Gasteiger partial charge in [-0.25, -0.2) is 4.79 Å². The van der Waals surface area contributed by atoms with Crippen LogP contribution in [0.3, 0.4) is 0 Å². The highest BCUT2D eigenvalue weighted by molar-refractivity contribution is 5.73. The van der Waals surface area contributed by atoms with Crippen LogP contribution in [0, 0.1) is 0 Å². The Morgan fingerprint density at radius 3 is 2.89 bits per heavy atom. The fourth-order valence-corrected chi connectivity index (χ4v) is 1.60. The minimum atomic E-state index is -0.170. The van der Waals surface area contributed by atoms with Crippen LogP contribution < -0.4 is 24.8 Å². The number of carbonyl (C=O) groups excluding carboxylic acids is 1. The minimum absolute atomic E-state index is 0.170. The van der Waals surface area contributed by atoms with Gasteiger partial charge in [0.25, 0.3) is 0 Å². The summed E-state index contributed by atoms with van der Waals surface area (Å²) in [5, 5.41) is 5.43. The molecular weight excluding hydrogens is 248 g/mol. The zero-order chi connectivity index (χ0) is 13.5. The van der Waals surface area contributed by atoms with Crippen LogP contribution in [-0.2, 0) is 0 Å². The summed E-state index contributed by atoms with van der Waals surface area (Å²) in [4.78, 5) is 11.3. The van der Waals surface area contributed by atoms with E-state index in [-0.39, 0.29) is 12.8 Å². The molecule has 0 radical (unpaired) electrons. The summed E-state index contributed by atoms with van der Waals surface area (Å²) in [6.45, 7) is 3.78. The van der Waals surface area contributed by atoms with Gasteiger partial charge in [0.2, 0.25) is 6.79 Å². The second-order valence-corrected chi connectivity index (χ2v) is 4.05. The molecular formula is C13H18N2O4. The Kier molecular flexibility index (Phi) is 4.72. The van der Waals surface area contributed by atoms with Crippen LogP contribution in [0.2, 0.25) is 0 Å². The summed E-state index contributed by atoms with van der Waals surface area (Å²) in [5.74, 6) is 2.11. The molecule has 0 aromatic heterocycles. The van der Waals surface area contributed by atoms with Gasteiger partial charge in [0.05, 0.1) is 6.54 Å². The zero-order valence-corrected chi connectivity index (χ0v) is 10.9. The van der Waals surface area contributed by atoms with E-state index in [0.29, 0.717) is 31.2 Å². The van der Waals surface area contributed by atoms with E-state index in [4.69, 9.17) is 14.2 Å². The summed E-state index contributed by atoms with van der Waals surface area (Å²) in [7, 11) is 0. The molecule has 2 rings (SSSR count). The first-order chi connectivity index (χ1) is 9.29. The second-order valence-electron chi connectivity index (χ2n) is 4.05. The highest BCUT2D eigenvalue weighted by Gasteiger charge is 2.13. The van der Waals surface area contributed by atoms with Crippen molar-refractivity contribution in [2.45, 2.75) is 13.3 Å². The average molecular weight is 266 g/mol. The van der Waals surface area contributed by atoms with E-state index >= 15 is 0 Å². The largest absolute Gasteiger partial charge is 0.492 e. The Labute approximate surface area is 112 Å². The van der Waals surface area contributed by atoms with E-state index in [1.54, 1.807) is 12.1 Å². The van der Waals surface area contributed by atoms with Crippen LogP contribution in [0.25, 0.3) is 0 Å². The maximum absolute atomic E-state index is 11.3. The average Bonchev–Trinajstić information content (AvgIpc) is 2.88. The van der Waals surface area contributed by atoms with Crippen molar-refractivity contribution in [2.24, 2.45) is 0 Å². The molecule has 1 aromatic rings. The number of hydrogen-bond donors (Lipinski definition) is 2. The quantitative estimate of drug-likeness (QED) is 0.766. The fraction of sp³-hybridized carbons (Fsp3) is 0.462. The van der Waals surface area contributed by atoms with E-state index < -0.39 is 0 Å². The first-order valence-electron chi connectivity index (χ1n) is 6.33. The highest BCUT2D eigenvalue weighted by Crippen LogP contribution is 2.34. The van der Waals surface area contributed by atoms with Crippen molar-refractivity contribution in [3.63, 3.8) is 0 Å². The lowest BCUT2D eigenvalue weighted by atomic mass is 10.3. The number of urea groups is 1. The fourth-order valence-electron chi connectivity index (χ4n) is 1.60. The van der Waals surface area contributed by atoms with Gasteiger partial charge in [0.1, 0.15) is 12.4 Å². The van der Waals surface area contributed by atoms with E-state index in [1.807, 2.05) is 13.0 Å². The molecule has 0 aliphatic carbocycles. The van der Waals surface area contributed by atoms with Crippen LogP contribution in [0.4, 0.5) is 4.79 Å². The number of nitrogens with one attached hydrogen (secondary N) is 2. The van der Waals surface area contributed by atoms with E-state index in [0.717, 1.165) is 12.2 Å². The summed E-state index contributed by atoms with van der Waals surface area (Å²) in [5.41, 5.74) is 0. The molecule has 0 spiro atoms. The molecule has 2 amide bonds. The number of fused-ring (bicyclic) bond motifs is 1. The summed E-state index contributed by atoms with van der Waals surface area (Å²) in [6, 6.07) is 5.22. The van der Waals surface area contributed by atoms with Gasteiger partial charge in [-0.3, -0.25) is 0 Å². The zero-order valence-electron chi connectivity index (χ0n) is 10.9. The molecule has 19 heavy (non-hydrogen) atoms. The molecule has 0 saturated heterocycles. The van der Waals surface area contributed by atoms with Crippen molar-refractivity contribution < 1.29 is 19.0 Å². The van der Waals surface area contributed by atoms with Crippen molar-refractivity contribution in [3.05, 3.63) is 18.2 Å². The van der Waals surface area contributed by atoms with Crippen LogP contribution in [-0.4, -0.2) is 32.5 Å². The number of ether oxygens (including phenoxy) is 3. The van der Waals surface area contributed by atoms with E-state index in [1.165, 1.54) is 0 Å². The molecule has 0 fully saturated rings. The molecule has 1 aromatic carbocycles. The SMILES string of the molecule is CCCNC(=O)NCCOc1ccc2c(c1)OCO2. The molecule has 2 N–H and O–H groups in total. The number of carbonyl (C=O) groups is 1. The maximum atomic E-state index is 11.3. The molecule has 1 heterocycles. The molecule has 0 saturated carbocycles. The van der Waals surface area contributed by atoms with Crippen molar-refractivity contribution in [2.75, 3.05) is 26.5 Å². The lowest BCUT2D eigenvalue weighted by molar-refractivity contribution is 0.173.